The van der Waals surface area contributed by atoms with Crippen molar-refractivity contribution in [2.75, 3.05) is 5.32 Å². The van der Waals surface area contributed by atoms with Crippen LogP contribution >= 0.6 is 0 Å². The van der Waals surface area contributed by atoms with E-state index in [0.717, 1.165) is 18.2 Å². The van der Waals surface area contributed by atoms with Gasteiger partial charge in [-0.25, -0.2) is 4.39 Å². The lowest BCUT2D eigenvalue weighted by atomic mass is 10.1. The minimum absolute atomic E-state index is 0.0433. The number of hydrogen-bond donors (Lipinski definition) is 2. The van der Waals surface area contributed by atoms with Gasteiger partial charge in [0.1, 0.15) is 5.82 Å². The van der Waals surface area contributed by atoms with Crippen molar-refractivity contribution in [2.45, 2.75) is 32.4 Å². The lowest BCUT2D eigenvalue weighted by Gasteiger charge is -2.14. The van der Waals surface area contributed by atoms with Crippen molar-refractivity contribution >= 4 is 11.6 Å². The Balaban J connectivity index is 2.84. The van der Waals surface area contributed by atoms with Crippen molar-refractivity contribution in [2.24, 2.45) is 5.73 Å². The summed E-state index contributed by atoms with van der Waals surface area (Å²) in [6.45, 7) is -1.25. The van der Waals surface area contributed by atoms with Crippen molar-refractivity contribution in [3.05, 3.63) is 24.0 Å². The summed E-state index contributed by atoms with van der Waals surface area (Å²) in [4.78, 5) is 11.7. The Labute approximate surface area is 108 Å². The van der Waals surface area contributed by atoms with Gasteiger partial charge < -0.3 is 15.8 Å². The number of halogens is 3. The summed E-state index contributed by atoms with van der Waals surface area (Å²) in [6, 6.07) is 2.19. The Bertz CT molecular complexity index is 441. The van der Waals surface area contributed by atoms with Gasteiger partial charge in [0, 0.05) is 6.07 Å². The van der Waals surface area contributed by atoms with Crippen LogP contribution in [0.2, 0.25) is 0 Å². The first-order valence-electron chi connectivity index (χ1n) is 5.74. The van der Waals surface area contributed by atoms with Gasteiger partial charge in [-0.05, 0) is 18.6 Å². The SMILES string of the molecule is CCCC(N)C(=O)Nc1ccc(F)cc1OC(F)F. The summed E-state index contributed by atoms with van der Waals surface area (Å²) in [5.74, 6) is -1.72. The maximum atomic E-state index is 13.0. The van der Waals surface area contributed by atoms with Crippen LogP contribution in [0.3, 0.4) is 0 Å². The fourth-order valence-corrected chi connectivity index (χ4v) is 1.46. The first-order valence-corrected chi connectivity index (χ1v) is 5.74. The summed E-state index contributed by atoms with van der Waals surface area (Å²) in [5.41, 5.74) is 5.54. The third-order valence-electron chi connectivity index (χ3n) is 2.35. The van der Waals surface area contributed by atoms with E-state index in [1.165, 1.54) is 0 Å². The fourth-order valence-electron chi connectivity index (χ4n) is 1.46. The Kier molecular flexibility index (Phi) is 5.62. The van der Waals surface area contributed by atoms with Crippen molar-refractivity contribution < 1.29 is 22.7 Å². The van der Waals surface area contributed by atoms with Crippen molar-refractivity contribution in [3.63, 3.8) is 0 Å². The average molecular weight is 276 g/mol. The number of carbonyl (C=O) groups excluding carboxylic acids is 1. The number of nitrogens with two attached hydrogens (primary N) is 1. The van der Waals surface area contributed by atoms with Crippen LogP contribution in [0.15, 0.2) is 18.2 Å². The molecular formula is C12H15F3N2O2. The Hall–Kier alpha value is -1.76. The number of ether oxygens (including phenoxy) is 1. The molecule has 0 aliphatic rings. The normalized spacial score (nSPS) is 12.3. The first kappa shape index (κ1) is 15.3. The summed E-state index contributed by atoms with van der Waals surface area (Å²) in [5, 5.41) is 2.34. The largest absolute Gasteiger partial charge is 0.432 e. The molecule has 0 saturated carbocycles. The third-order valence-corrected chi connectivity index (χ3v) is 2.35. The molecule has 0 heterocycles. The zero-order valence-electron chi connectivity index (χ0n) is 10.3. The number of nitrogens with one attached hydrogen (secondary N) is 1. The molecule has 1 rings (SSSR count). The maximum Gasteiger partial charge on any atom is 0.387 e. The van der Waals surface area contributed by atoms with Gasteiger partial charge in [0.2, 0.25) is 5.91 Å². The lowest BCUT2D eigenvalue weighted by Crippen LogP contribution is -2.35. The molecule has 19 heavy (non-hydrogen) atoms. The molecule has 3 N–H and O–H groups in total. The van der Waals surface area contributed by atoms with Crippen LogP contribution in [0.4, 0.5) is 18.9 Å². The molecule has 0 bridgehead atoms. The molecule has 0 aliphatic heterocycles. The Morgan fingerprint density at radius 2 is 2.16 bits per heavy atom. The maximum absolute atomic E-state index is 13.0. The van der Waals surface area contributed by atoms with E-state index in [-0.39, 0.29) is 5.69 Å². The molecular weight excluding hydrogens is 261 g/mol. The molecule has 1 aromatic carbocycles. The van der Waals surface area contributed by atoms with Gasteiger partial charge in [-0.15, -0.1) is 0 Å². The topological polar surface area (TPSA) is 64.4 Å². The standard InChI is InChI=1S/C12H15F3N2O2/c1-2-3-8(16)11(18)17-9-5-4-7(13)6-10(9)19-12(14)15/h4-6,8,12H,2-3,16H2,1H3,(H,17,18). The van der Waals surface area contributed by atoms with Gasteiger partial charge >= 0.3 is 6.61 Å². The molecule has 7 heteroatoms. The van der Waals surface area contributed by atoms with E-state index in [1.807, 2.05) is 6.92 Å². The number of benzene rings is 1. The number of carbonyl (C=O) groups is 1. The van der Waals surface area contributed by atoms with Crippen LogP contribution in [0, 0.1) is 5.82 Å². The predicted molar refractivity (Wildman–Crippen MR) is 64.5 cm³/mol. The molecule has 0 aliphatic carbocycles. The number of hydrogen-bond acceptors (Lipinski definition) is 3. The molecule has 106 valence electrons. The molecule has 0 fully saturated rings. The zero-order chi connectivity index (χ0) is 14.4. The van der Waals surface area contributed by atoms with Gasteiger partial charge in [-0.2, -0.15) is 8.78 Å². The van der Waals surface area contributed by atoms with Crippen molar-refractivity contribution in [3.8, 4) is 5.75 Å². The quantitative estimate of drug-likeness (QED) is 0.839. The third kappa shape index (κ3) is 4.78. The van der Waals surface area contributed by atoms with E-state index in [4.69, 9.17) is 5.73 Å². The Morgan fingerprint density at radius 3 is 2.74 bits per heavy atom. The number of rotatable bonds is 6. The van der Waals surface area contributed by atoms with E-state index in [0.29, 0.717) is 12.8 Å². The predicted octanol–water partition coefficient (Wildman–Crippen LogP) is 2.49. The fraction of sp³-hybridized carbons (Fsp3) is 0.417. The highest BCUT2D eigenvalue weighted by Gasteiger charge is 2.16. The van der Waals surface area contributed by atoms with Crippen LogP contribution in [-0.4, -0.2) is 18.6 Å². The lowest BCUT2D eigenvalue weighted by molar-refractivity contribution is -0.117. The van der Waals surface area contributed by atoms with Gasteiger partial charge in [0.05, 0.1) is 11.7 Å². The first-order chi connectivity index (χ1) is 8.93. The van der Waals surface area contributed by atoms with Crippen LogP contribution in [-0.2, 0) is 4.79 Å². The molecule has 1 unspecified atom stereocenters. The summed E-state index contributed by atoms with van der Waals surface area (Å²) in [7, 11) is 0. The van der Waals surface area contributed by atoms with Gasteiger partial charge in [0.25, 0.3) is 0 Å². The van der Waals surface area contributed by atoms with E-state index >= 15 is 0 Å². The minimum atomic E-state index is -3.11. The van der Waals surface area contributed by atoms with Crippen LogP contribution in [0.1, 0.15) is 19.8 Å². The summed E-state index contributed by atoms with van der Waals surface area (Å²) < 4.78 is 41.4. The highest BCUT2D eigenvalue weighted by Crippen LogP contribution is 2.27. The molecule has 0 radical (unpaired) electrons. The summed E-state index contributed by atoms with van der Waals surface area (Å²) in [6.07, 6.45) is 1.16. The molecule has 1 amide bonds. The van der Waals surface area contributed by atoms with E-state index < -0.39 is 30.1 Å². The van der Waals surface area contributed by atoms with E-state index in [1.54, 1.807) is 0 Å². The number of amides is 1. The number of anilines is 1. The van der Waals surface area contributed by atoms with E-state index in [9.17, 15) is 18.0 Å². The highest BCUT2D eigenvalue weighted by molar-refractivity contribution is 5.95. The number of alkyl halides is 2. The molecule has 0 saturated heterocycles. The van der Waals surface area contributed by atoms with Gasteiger partial charge in [-0.3, -0.25) is 4.79 Å². The highest BCUT2D eigenvalue weighted by atomic mass is 19.3. The van der Waals surface area contributed by atoms with Crippen LogP contribution in [0.25, 0.3) is 0 Å². The molecule has 1 atom stereocenters. The Morgan fingerprint density at radius 1 is 1.47 bits per heavy atom. The monoisotopic (exact) mass is 276 g/mol. The van der Waals surface area contributed by atoms with Crippen molar-refractivity contribution in [1.82, 2.24) is 0 Å². The minimum Gasteiger partial charge on any atom is -0.432 e. The summed E-state index contributed by atoms with van der Waals surface area (Å²) >= 11 is 0. The second-order valence-electron chi connectivity index (χ2n) is 3.90. The van der Waals surface area contributed by atoms with Gasteiger partial charge in [0.15, 0.2) is 5.75 Å². The smallest absolute Gasteiger partial charge is 0.387 e. The average Bonchev–Trinajstić information content (AvgIpc) is 2.32. The zero-order valence-corrected chi connectivity index (χ0v) is 10.3. The molecule has 0 aromatic heterocycles. The second-order valence-corrected chi connectivity index (χ2v) is 3.90. The molecule has 1 aromatic rings. The molecule has 4 nitrogen and oxygen atoms in total. The second kappa shape index (κ2) is 6.98. The van der Waals surface area contributed by atoms with Crippen molar-refractivity contribution in [1.29, 1.82) is 0 Å². The van der Waals surface area contributed by atoms with Gasteiger partial charge in [-0.1, -0.05) is 13.3 Å². The molecule has 0 spiro atoms. The van der Waals surface area contributed by atoms with Crippen LogP contribution in [0.5, 0.6) is 5.75 Å². The van der Waals surface area contributed by atoms with E-state index in [2.05, 4.69) is 10.1 Å². The van der Waals surface area contributed by atoms with Crippen LogP contribution < -0.4 is 15.8 Å².